The number of hydrogen-bond acceptors (Lipinski definition) is 4. The van der Waals surface area contributed by atoms with Crippen LogP contribution in [0.3, 0.4) is 0 Å². The van der Waals surface area contributed by atoms with E-state index < -0.39 is 6.10 Å². The second kappa shape index (κ2) is 7.40. The summed E-state index contributed by atoms with van der Waals surface area (Å²) in [6.45, 7) is 0.602. The second-order valence-corrected chi connectivity index (χ2v) is 6.94. The van der Waals surface area contributed by atoms with Gasteiger partial charge in [-0.25, -0.2) is 4.79 Å². The first-order valence-electron chi connectivity index (χ1n) is 9.22. The zero-order valence-electron chi connectivity index (χ0n) is 15.0. The Hall–Kier alpha value is -2.86. The minimum Gasteiger partial charge on any atom is -0.491 e. The molecule has 2 aliphatic heterocycles. The highest BCUT2D eigenvalue weighted by atomic mass is 16.5. The fourth-order valence-electron chi connectivity index (χ4n) is 3.68. The number of ether oxygens (including phenoxy) is 1. The van der Waals surface area contributed by atoms with Gasteiger partial charge in [0.15, 0.2) is 0 Å². The van der Waals surface area contributed by atoms with Crippen LogP contribution in [0.2, 0.25) is 0 Å². The topological polar surface area (TPSA) is 70.1 Å². The number of β-amino-alcohol motifs (C(OH)–C–C–N with tert-alkyl or cyclic N) is 1. The van der Waals surface area contributed by atoms with Crippen LogP contribution >= 0.6 is 0 Å². The first-order chi connectivity index (χ1) is 13.1. The van der Waals surface area contributed by atoms with Crippen molar-refractivity contribution in [1.82, 2.24) is 9.80 Å². The van der Waals surface area contributed by atoms with E-state index in [1.165, 1.54) is 0 Å². The molecule has 0 unspecified atom stereocenters. The molecule has 2 saturated heterocycles. The Balaban J connectivity index is 1.31. The van der Waals surface area contributed by atoms with Crippen molar-refractivity contribution in [3.05, 3.63) is 54.6 Å². The first-order valence-corrected chi connectivity index (χ1v) is 9.22. The molecule has 3 amide bonds. The lowest BCUT2D eigenvalue weighted by atomic mass is 10.1. The maximum Gasteiger partial charge on any atom is 0.327 e. The minimum atomic E-state index is -0.924. The van der Waals surface area contributed by atoms with Crippen molar-refractivity contribution in [3.8, 4) is 16.9 Å². The summed E-state index contributed by atoms with van der Waals surface area (Å²) < 4.78 is 5.62. The molecule has 2 aliphatic rings. The first kappa shape index (κ1) is 17.5. The van der Waals surface area contributed by atoms with Gasteiger partial charge in [0, 0.05) is 6.54 Å². The molecule has 2 aromatic carbocycles. The molecule has 0 bridgehead atoms. The number of benzene rings is 2. The summed E-state index contributed by atoms with van der Waals surface area (Å²) in [6, 6.07) is 17.0. The summed E-state index contributed by atoms with van der Waals surface area (Å²) in [5.74, 6) is 0.428. The van der Waals surface area contributed by atoms with Gasteiger partial charge in [-0.2, -0.15) is 0 Å². The lowest BCUT2D eigenvalue weighted by Crippen LogP contribution is -2.41. The predicted octanol–water partition coefficient (Wildman–Crippen LogP) is 2.52. The van der Waals surface area contributed by atoms with Crippen LogP contribution in [0.25, 0.3) is 11.1 Å². The average molecular weight is 366 g/mol. The van der Waals surface area contributed by atoms with Crippen molar-refractivity contribution in [2.75, 3.05) is 19.7 Å². The van der Waals surface area contributed by atoms with Crippen LogP contribution in [0, 0.1) is 0 Å². The maximum absolute atomic E-state index is 12.3. The predicted molar refractivity (Wildman–Crippen MR) is 100 cm³/mol. The number of hydrogen-bond donors (Lipinski definition) is 1. The van der Waals surface area contributed by atoms with Crippen LogP contribution in [0.15, 0.2) is 54.6 Å². The third-order valence-corrected chi connectivity index (χ3v) is 5.08. The lowest BCUT2D eigenvalue weighted by molar-refractivity contribution is -0.129. The largest absolute Gasteiger partial charge is 0.491 e. The van der Waals surface area contributed by atoms with Crippen LogP contribution in [-0.2, 0) is 4.79 Å². The van der Waals surface area contributed by atoms with Crippen LogP contribution in [0.5, 0.6) is 5.75 Å². The standard InChI is InChI=1S/C21H22N2O4/c24-17(13-23-20(25)19-7-4-12-22(19)21(23)26)14-27-18-10-8-16(9-11-18)15-5-2-1-3-6-15/h1-3,5-6,8-11,17,19,24H,4,7,12-14H2/t17-,19-/m1/s1. The van der Waals surface area contributed by atoms with Gasteiger partial charge in [0.25, 0.3) is 5.91 Å². The van der Waals surface area contributed by atoms with E-state index in [1.807, 2.05) is 54.6 Å². The number of amides is 3. The molecule has 2 aromatic rings. The molecule has 0 aromatic heterocycles. The molecule has 6 heteroatoms. The fraction of sp³-hybridized carbons (Fsp3) is 0.333. The SMILES string of the molecule is O=C1[C@H]2CCCN2C(=O)N1C[C@@H](O)COc1ccc(-c2ccccc2)cc1. The fourth-order valence-corrected chi connectivity index (χ4v) is 3.68. The highest BCUT2D eigenvalue weighted by molar-refractivity contribution is 6.04. The minimum absolute atomic E-state index is 0.0202. The summed E-state index contributed by atoms with van der Waals surface area (Å²) in [5.41, 5.74) is 2.20. The normalized spacial score (nSPS) is 20.1. The lowest BCUT2D eigenvalue weighted by Gasteiger charge is -2.19. The molecule has 2 atom stereocenters. The molecule has 0 radical (unpaired) electrons. The summed E-state index contributed by atoms with van der Waals surface area (Å²) in [5, 5.41) is 10.2. The van der Waals surface area contributed by atoms with Crippen molar-refractivity contribution in [2.45, 2.75) is 25.0 Å². The van der Waals surface area contributed by atoms with E-state index in [0.717, 1.165) is 22.4 Å². The molecule has 0 aliphatic carbocycles. The van der Waals surface area contributed by atoms with E-state index in [9.17, 15) is 14.7 Å². The Labute approximate surface area is 158 Å². The van der Waals surface area contributed by atoms with Gasteiger partial charge >= 0.3 is 6.03 Å². The number of aliphatic hydroxyl groups is 1. The van der Waals surface area contributed by atoms with Crippen molar-refractivity contribution in [3.63, 3.8) is 0 Å². The molecule has 140 valence electrons. The third-order valence-electron chi connectivity index (χ3n) is 5.08. The van der Waals surface area contributed by atoms with Gasteiger partial charge in [-0.05, 0) is 36.1 Å². The maximum atomic E-state index is 12.3. The summed E-state index contributed by atoms with van der Waals surface area (Å²) in [4.78, 5) is 27.3. The molecular weight excluding hydrogens is 344 g/mol. The molecular formula is C21H22N2O4. The molecule has 0 spiro atoms. The molecule has 2 heterocycles. The highest BCUT2D eigenvalue weighted by Crippen LogP contribution is 2.27. The number of urea groups is 1. The smallest absolute Gasteiger partial charge is 0.327 e. The molecule has 27 heavy (non-hydrogen) atoms. The Bertz CT molecular complexity index is 800. The molecule has 0 saturated carbocycles. The molecule has 4 rings (SSSR count). The Morgan fingerprint density at radius 2 is 1.74 bits per heavy atom. The van der Waals surface area contributed by atoms with Crippen molar-refractivity contribution >= 4 is 11.9 Å². The van der Waals surface area contributed by atoms with Gasteiger partial charge in [-0.3, -0.25) is 9.69 Å². The Kier molecular flexibility index (Phi) is 4.81. The summed E-state index contributed by atoms with van der Waals surface area (Å²) in [7, 11) is 0. The van der Waals surface area contributed by atoms with E-state index in [1.54, 1.807) is 4.90 Å². The number of fused-ring (bicyclic) bond motifs is 1. The quantitative estimate of drug-likeness (QED) is 0.798. The van der Waals surface area contributed by atoms with E-state index >= 15 is 0 Å². The highest BCUT2D eigenvalue weighted by Gasteiger charge is 2.47. The van der Waals surface area contributed by atoms with E-state index in [2.05, 4.69) is 0 Å². The van der Waals surface area contributed by atoms with Gasteiger partial charge in [0.2, 0.25) is 0 Å². The van der Waals surface area contributed by atoms with Gasteiger partial charge in [-0.15, -0.1) is 0 Å². The average Bonchev–Trinajstić information content (AvgIpc) is 3.27. The Morgan fingerprint density at radius 3 is 2.44 bits per heavy atom. The molecule has 6 nitrogen and oxygen atoms in total. The van der Waals surface area contributed by atoms with Crippen LogP contribution in [-0.4, -0.2) is 58.7 Å². The number of aliphatic hydroxyl groups excluding tert-OH is 1. The molecule has 2 fully saturated rings. The van der Waals surface area contributed by atoms with Crippen LogP contribution in [0.4, 0.5) is 4.79 Å². The van der Waals surface area contributed by atoms with Gasteiger partial charge < -0.3 is 14.7 Å². The second-order valence-electron chi connectivity index (χ2n) is 6.94. The van der Waals surface area contributed by atoms with Gasteiger partial charge in [-0.1, -0.05) is 42.5 Å². The molecule has 1 N–H and O–H groups in total. The summed E-state index contributed by atoms with van der Waals surface area (Å²) >= 11 is 0. The van der Waals surface area contributed by atoms with Gasteiger partial charge in [0.1, 0.15) is 24.5 Å². The van der Waals surface area contributed by atoms with Crippen molar-refractivity contribution in [1.29, 1.82) is 0 Å². The number of rotatable bonds is 6. The van der Waals surface area contributed by atoms with Crippen LogP contribution in [0.1, 0.15) is 12.8 Å². The number of carbonyl (C=O) groups excluding carboxylic acids is 2. The van der Waals surface area contributed by atoms with Crippen LogP contribution < -0.4 is 4.74 Å². The number of carbonyl (C=O) groups is 2. The van der Waals surface area contributed by atoms with Crippen molar-refractivity contribution in [2.24, 2.45) is 0 Å². The zero-order chi connectivity index (χ0) is 18.8. The third kappa shape index (κ3) is 3.53. The van der Waals surface area contributed by atoms with E-state index in [4.69, 9.17) is 4.74 Å². The summed E-state index contributed by atoms with van der Waals surface area (Å²) in [6.07, 6.45) is 0.647. The van der Waals surface area contributed by atoms with E-state index in [0.29, 0.717) is 18.7 Å². The van der Waals surface area contributed by atoms with E-state index in [-0.39, 0.29) is 31.1 Å². The van der Waals surface area contributed by atoms with Crippen molar-refractivity contribution < 1.29 is 19.4 Å². The monoisotopic (exact) mass is 366 g/mol. The number of nitrogens with zero attached hydrogens (tertiary/aromatic N) is 2. The number of imide groups is 1. The Morgan fingerprint density at radius 1 is 1.04 bits per heavy atom. The zero-order valence-corrected chi connectivity index (χ0v) is 15.0. The van der Waals surface area contributed by atoms with Gasteiger partial charge in [0.05, 0.1) is 6.54 Å².